The SMILES string of the molecule is O=C(Cc1ccccc1)NCCNC(=O)C1CC2CCCCC2N1C(=O)c1ccccc1. The molecule has 3 amide bonds. The van der Waals surface area contributed by atoms with Crippen LogP contribution in [0.15, 0.2) is 60.7 Å². The number of likely N-dealkylation sites (tertiary alicyclic amines) is 1. The number of hydrogen-bond donors (Lipinski definition) is 2. The van der Waals surface area contributed by atoms with Gasteiger partial charge in [-0.05, 0) is 42.9 Å². The van der Waals surface area contributed by atoms with Gasteiger partial charge < -0.3 is 15.5 Å². The van der Waals surface area contributed by atoms with Crippen molar-refractivity contribution in [2.75, 3.05) is 13.1 Å². The number of hydrogen-bond acceptors (Lipinski definition) is 3. The van der Waals surface area contributed by atoms with Crippen LogP contribution >= 0.6 is 0 Å². The number of amides is 3. The molecule has 3 atom stereocenters. The van der Waals surface area contributed by atoms with Gasteiger partial charge in [-0.1, -0.05) is 61.4 Å². The summed E-state index contributed by atoms with van der Waals surface area (Å²) in [5, 5.41) is 5.79. The number of nitrogens with one attached hydrogen (secondary N) is 2. The second-order valence-electron chi connectivity index (χ2n) is 8.75. The minimum absolute atomic E-state index is 0.0590. The van der Waals surface area contributed by atoms with Crippen molar-refractivity contribution in [3.63, 3.8) is 0 Å². The van der Waals surface area contributed by atoms with Gasteiger partial charge in [-0.3, -0.25) is 14.4 Å². The van der Waals surface area contributed by atoms with Crippen LogP contribution in [0.25, 0.3) is 0 Å². The maximum atomic E-state index is 13.3. The average molecular weight is 434 g/mol. The molecule has 6 nitrogen and oxygen atoms in total. The third kappa shape index (κ3) is 5.18. The molecule has 0 bridgehead atoms. The Labute approximate surface area is 189 Å². The summed E-state index contributed by atoms with van der Waals surface area (Å²) in [4.78, 5) is 40.3. The molecule has 1 heterocycles. The summed E-state index contributed by atoms with van der Waals surface area (Å²) in [5.41, 5.74) is 1.59. The minimum Gasteiger partial charge on any atom is -0.354 e. The third-order valence-corrected chi connectivity index (χ3v) is 6.60. The Bertz CT molecular complexity index is 932. The van der Waals surface area contributed by atoms with Gasteiger partial charge in [0.2, 0.25) is 11.8 Å². The second-order valence-corrected chi connectivity index (χ2v) is 8.75. The van der Waals surface area contributed by atoms with Gasteiger partial charge in [0, 0.05) is 24.7 Å². The van der Waals surface area contributed by atoms with Crippen molar-refractivity contribution in [2.24, 2.45) is 5.92 Å². The van der Waals surface area contributed by atoms with Crippen LogP contribution in [0.4, 0.5) is 0 Å². The van der Waals surface area contributed by atoms with Crippen molar-refractivity contribution in [3.8, 4) is 0 Å². The Balaban J connectivity index is 1.33. The molecule has 1 aliphatic heterocycles. The van der Waals surface area contributed by atoms with E-state index in [0.717, 1.165) is 37.7 Å². The van der Waals surface area contributed by atoms with Gasteiger partial charge in [0.15, 0.2) is 0 Å². The Morgan fingerprint density at radius 3 is 2.25 bits per heavy atom. The zero-order chi connectivity index (χ0) is 22.3. The van der Waals surface area contributed by atoms with Gasteiger partial charge in [0.25, 0.3) is 5.91 Å². The molecule has 6 heteroatoms. The first-order valence-corrected chi connectivity index (χ1v) is 11.6. The monoisotopic (exact) mass is 433 g/mol. The van der Waals surface area contributed by atoms with Gasteiger partial charge in [0.05, 0.1) is 6.42 Å². The lowest BCUT2D eigenvalue weighted by molar-refractivity contribution is -0.125. The summed E-state index contributed by atoms with van der Waals surface area (Å²) >= 11 is 0. The largest absolute Gasteiger partial charge is 0.354 e. The lowest BCUT2D eigenvalue weighted by atomic mass is 9.84. The highest BCUT2D eigenvalue weighted by Crippen LogP contribution is 2.40. The van der Waals surface area contributed by atoms with Crippen LogP contribution in [0.2, 0.25) is 0 Å². The van der Waals surface area contributed by atoms with Gasteiger partial charge >= 0.3 is 0 Å². The van der Waals surface area contributed by atoms with Crippen molar-refractivity contribution >= 4 is 17.7 Å². The van der Waals surface area contributed by atoms with Crippen LogP contribution in [0.3, 0.4) is 0 Å². The Kier molecular flexibility index (Phi) is 7.20. The molecule has 0 spiro atoms. The van der Waals surface area contributed by atoms with Crippen LogP contribution in [-0.4, -0.2) is 47.8 Å². The smallest absolute Gasteiger partial charge is 0.254 e. The van der Waals surface area contributed by atoms with E-state index in [-0.39, 0.29) is 23.8 Å². The molecule has 32 heavy (non-hydrogen) atoms. The molecule has 168 valence electrons. The van der Waals surface area contributed by atoms with Gasteiger partial charge in [-0.15, -0.1) is 0 Å². The topological polar surface area (TPSA) is 78.5 Å². The highest BCUT2D eigenvalue weighted by molar-refractivity contribution is 5.98. The number of carbonyl (C=O) groups excluding carboxylic acids is 3. The van der Waals surface area contributed by atoms with E-state index in [4.69, 9.17) is 0 Å². The fraction of sp³-hybridized carbons (Fsp3) is 0.423. The van der Waals surface area contributed by atoms with E-state index in [1.165, 1.54) is 0 Å². The molecule has 2 aromatic carbocycles. The second kappa shape index (κ2) is 10.4. The molecule has 0 radical (unpaired) electrons. The number of fused-ring (bicyclic) bond motifs is 1. The fourth-order valence-corrected chi connectivity index (χ4v) is 5.07. The summed E-state index contributed by atoms with van der Waals surface area (Å²) in [6.45, 7) is 0.710. The van der Waals surface area contributed by atoms with E-state index in [1.54, 1.807) is 0 Å². The van der Waals surface area contributed by atoms with E-state index in [9.17, 15) is 14.4 Å². The number of carbonyl (C=O) groups is 3. The van der Waals surface area contributed by atoms with E-state index in [1.807, 2.05) is 65.6 Å². The van der Waals surface area contributed by atoms with Crippen LogP contribution in [0.1, 0.15) is 48.0 Å². The van der Waals surface area contributed by atoms with Crippen molar-refractivity contribution in [2.45, 2.75) is 50.6 Å². The Morgan fingerprint density at radius 2 is 1.50 bits per heavy atom. The van der Waals surface area contributed by atoms with Gasteiger partial charge in [-0.25, -0.2) is 0 Å². The van der Waals surface area contributed by atoms with E-state index in [2.05, 4.69) is 10.6 Å². The normalized spacial score (nSPS) is 22.1. The lowest BCUT2D eigenvalue weighted by Crippen LogP contribution is -2.50. The molecule has 3 unspecified atom stereocenters. The van der Waals surface area contributed by atoms with Crippen molar-refractivity contribution in [3.05, 3.63) is 71.8 Å². The molecule has 1 saturated heterocycles. The Morgan fingerprint density at radius 1 is 0.844 bits per heavy atom. The van der Waals surface area contributed by atoms with Crippen LogP contribution in [-0.2, 0) is 16.0 Å². The van der Waals surface area contributed by atoms with Crippen molar-refractivity contribution in [1.29, 1.82) is 0 Å². The summed E-state index contributed by atoms with van der Waals surface area (Å²) in [5.74, 6) is 0.133. The molecule has 1 saturated carbocycles. The average Bonchev–Trinajstić information content (AvgIpc) is 3.22. The van der Waals surface area contributed by atoms with Gasteiger partial charge in [0.1, 0.15) is 6.04 Å². The molecule has 1 aliphatic carbocycles. The van der Waals surface area contributed by atoms with Crippen LogP contribution in [0, 0.1) is 5.92 Å². The number of nitrogens with zero attached hydrogens (tertiary/aromatic N) is 1. The number of rotatable bonds is 7. The lowest BCUT2D eigenvalue weighted by Gasteiger charge is -2.33. The first kappa shape index (κ1) is 22.1. The minimum atomic E-state index is -0.448. The van der Waals surface area contributed by atoms with E-state index < -0.39 is 6.04 Å². The van der Waals surface area contributed by atoms with Crippen molar-refractivity contribution < 1.29 is 14.4 Å². The molecule has 4 rings (SSSR count). The van der Waals surface area contributed by atoms with E-state index >= 15 is 0 Å². The molecule has 2 aromatic rings. The van der Waals surface area contributed by atoms with Crippen LogP contribution < -0.4 is 10.6 Å². The zero-order valence-electron chi connectivity index (χ0n) is 18.3. The molecule has 2 fully saturated rings. The van der Waals surface area contributed by atoms with Gasteiger partial charge in [-0.2, -0.15) is 0 Å². The fourth-order valence-electron chi connectivity index (χ4n) is 5.07. The first-order chi connectivity index (χ1) is 15.6. The van der Waals surface area contributed by atoms with Crippen LogP contribution in [0.5, 0.6) is 0 Å². The zero-order valence-corrected chi connectivity index (χ0v) is 18.3. The maximum absolute atomic E-state index is 13.3. The number of benzene rings is 2. The molecule has 2 aliphatic rings. The maximum Gasteiger partial charge on any atom is 0.254 e. The molecular formula is C26H31N3O3. The molecular weight excluding hydrogens is 402 g/mol. The summed E-state index contributed by atoms with van der Waals surface area (Å²) < 4.78 is 0. The predicted molar refractivity (Wildman–Crippen MR) is 123 cm³/mol. The summed E-state index contributed by atoms with van der Waals surface area (Å²) in [6, 6.07) is 18.5. The third-order valence-electron chi connectivity index (χ3n) is 6.60. The molecule has 0 aromatic heterocycles. The predicted octanol–water partition coefficient (Wildman–Crippen LogP) is 2.93. The summed E-state index contributed by atoms with van der Waals surface area (Å²) in [7, 11) is 0. The first-order valence-electron chi connectivity index (χ1n) is 11.6. The Hall–Kier alpha value is -3.15. The van der Waals surface area contributed by atoms with Crippen molar-refractivity contribution in [1.82, 2.24) is 15.5 Å². The quantitative estimate of drug-likeness (QED) is 0.659. The highest BCUT2D eigenvalue weighted by Gasteiger charge is 2.47. The highest BCUT2D eigenvalue weighted by atomic mass is 16.2. The standard InChI is InChI=1S/C26H31N3O3/c30-24(17-19-9-3-1-4-10-19)27-15-16-28-25(31)23-18-21-13-7-8-14-22(21)29(23)26(32)20-11-5-2-6-12-20/h1-6,9-12,21-23H,7-8,13-18H2,(H,27,30)(H,28,31). The molecule has 2 N–H and O–H groups in total. The summed E-state index contributed by atoms with van der Waals surface area (Å²) in [6.07, 6.45) is 5.33. The van der Waals surface area contributed by atoms with E-state index in [0.29, 0.717) is 31.0 Å².